The zero-order valence-corrected chi connectivity index (χ0v) is 19.8. The van der Waals surface area contributed by atoms with Crippen LogP contribution in [0.2, 0.25) is 0 Å². The molecule has 0 unspecified atom stereocenters. The molecule has 1 heteroatoms. The Kier molecular flexibility index (Phi) is 5.41. The average Bonchev–Trinajstić information content (AvgIpc) is 2.92. The first kappa shape index (κ1) is 20.8. The molecule has 34 heavy (non-hydrogen) atoms. The van der Waals surface area contributed by atoms with Gasteiger partial charge in [0.1, 0.15) is 0 Å². The van der Waals surface area contributed by atoms with Gasteiger partial charge in [-0.2, -0.15) is 0 Å². The second kappa shape index (κ2) is 8.85. The summed E-state index contributed by atoms with van der Waals surface area (Å²) in [4.78, 5) is 1.28. The highest BCUT2D eigenvalue weighted by atomic mass is 32.2. The van der Waals surface area contributed by atoms with Gasteiger partial charge in [0.05, 0.1) is 0 Å². The van der Waals surface area contributed by atoms with Crippen LogP contribution in [-0.4, -0.2) is 6.26 Å². The molecule has 0 saturated carbocycles. The summed E-state index contributed by atoms with van der Waals surface area (Å²) in [7, 11) is 0. The standard InChI is InChI=1S/C33H24S/c1-34-27-19-20-30-31(22-27)33(26-16-10-15-25(21-26)23-11-4-2-5-12-23)29-18-9-8-17-28(29)32(30)24-13-6-3-7-14-24/h2-22H,1H3. The lowest BCUT2D eigenvalue weighted by Crippen LogP contribution is -1.91. The Hall–Kier alpha value is -3.81. The predicted octanol–water partition coefficient (Wildman–Crippen LogP) is 9.72. The number of fused-ring (bicyclic) bond motifs is 2. The summed E-state index contributed by atoms with van der Waals surface area (Å²) in [6.07, 6.45) is 2.15. The van der Waals surface area contributed by atoms with E-state index in [1.807, 2.05) is 0 Å². The summed E-state index contributed by atoms with van der Waals surface area (Å²) in [6.45, 7) is 0. The van der Waals surface area contributed by atoms with Gasteiger partial charge >= 0.3 is 0 Å². The Morgan fingerprint density at radius 1 is 0.382 bits per heavy atom. The molecule has 6 rings (SSSR count). The van der Waals surface area contributed by atoms with Crippen LogP contribution in [0.5, 0.6) is 0 Å². The smallest absolute Gasteiger partial charge is 0.00757 e. The monoisotopic (exact) mass is 452 g/mol. The van der Waals surface area contributed by atoms with E-state index in [2.05, 4.69) is 134 Å². The second-order valence-corrected chi connectivity index (χ2v) is 9.40. The van der Waals surface area contributed by atoms with Crippen molar-refractivity contribution in [2.24, 2.45) is 0 Å². The lowest BCUT2D eigenvalue weighted by atomic mass is 9.85. The topological polar surface area (TPSA) is 0 Å². The van der Waals surface area contributed by atoms with Gasteiger partial charge in [-0.15, -0.1) is 11.8 Å². The third-order valence-corrected chi connectivity index (χ3v) is 7.28. The molecule has 0 bridgehead atoms. The Balaban J connectivity index is 1.73. The molecule has 0 fully saturated rings. The fraction of sp³-hybridized carbons (Fsp3) is 0.0303. The molecule has 0 heterocycles. The van der Waals surface area contributed by atoms with E-state index in [1.165, 1.54) is 59.8 Å². The molecular weight excluding hydrogens is 428 g/mol. The fourth-order valence-electron chi connectivity index (χ4n) is 5.00. The maximum Gasteiger partial charge on any atom is 0.00757 e. The molecule has 0 saturated heterocycles. The minimum absolute atomic E-state index is 1.24. The molecule has 162 valence electrons. The van der Waals surface area contributed by atoms with Crippen LogP contribution in [0.15, 0.2) is 132 Å². The maximum absolute atomic E-state index is 2.36. The predicted molar refractivity (Wildman–Crippen MR) is 150 cm³/mol. The molecule has 0 amide bonds. The van der Waals surface area contributed by atoms with Gasteiger partial charge in [0.25, 0.3) is 0 Å². The van der Waals surface area contributed by atoms with Gasteiger partial charge in [-0.05, 0) is 79.4 Å². The van der Waals surface area contributed by atoms with E-state index in [4.69, 9.17) is 0 Å². The van der Waals surface area contributed by atoms with Crippen LogP contribution in [0.4, 0.5) is 0 Å². The number of benzene rings is 6. The Bertz CT molecular complexity index is 1620. The van der Waals surface area contributed by atoms with Crippen LogP contribution in [0.3, 0.4) is 0 Å². The van der Waals surface area contributed by atoms with Gasteiger partial charge in [-0.25, -0.2) is 0 Å². The van der Waals surface area contributed by atoms with Crippen LogP contribution >= 0.6 is 11.8 Å². The van der Waals surface area contributed by atoms with Gasteiger partial charge in [-0.3, -0.25) is 0 Å². The zero-order chi connectivity index (χ0) is 22.9. The van der Waals surface area contributed by atoms with Crippen molar-refractivity contribution >= 4 is 33.3 Å². The first-order valence-electron chi connectivity index (χ1n) is 11.6. The van der Waals surface area contributed by atoms with E-state index in [9.17, 15) is 0 Å². The molecule has 0 aliphatic heterocycles. The van der Waals surface area contributed by atoms with Crippen LogP contribution in [0, 0.1) is 0 Å². The van der Waals surface area contributed by atoms with Crippen molar-refractivity contribution in [1.29, 1.82) is 0 Å². The van der Waals surface area contributed by atoms with Crippen LogP contribution in [0.25, 0.3) is 54.9 Å². The molecule has 0 aromatic heterocycles. The Labute approximate surface area is 204 Å². The summed E-state index contributed by atoms with van der Waals surface area (Å²) >= 11 is 1.79. The maximum atomic E-state index is 2.36. The minimum Gasteiger partial charge on any atom is -0.130 e. The molecule has 0 aliphatic carbocycles. The Morgan fingerprint density at radius 3 is 1.59 bits per heavy atom. The van der Waals surface area contributed by atoms with Crippen molar-refractivity contribution in [2.75, 3.05) is 6.26 Å². The molecule has 0 atom stereocenters. The van der Waals surface area contributed by atoms with Crippen LogP contribution < -0.4 is 0 Å². The number of hydrogen-bond donors (Lipinski definition) is 0. The first-order chi connectivity index (χ1) is 16.8. The van der Waals surface area contributed by atoms with E-state index < -0.39 is 0 Å². The van der Waals surface area contributed by atoms with Crippen molar-refractivity contribution < 1.29 is 0 Å². The largest absolute Gasteiger partial charge is 0.130 e. The van der Waals surface area contributed by atoms with Crippen LogP contribution in [0.1, 0.15) is 0 Å². The average molecular weight is 453 g/mol. The molecule has 0 N–H and O–H groups in total. The van der Waals surface area contributed by atoms with E-state index in [0.717, 1.165) is 0 Å². The van der Waals surface area contributed by atoms with E-state index in [0.29, 0.717) is 0 Å². The molecule has 0 aliphatic rings. The minimum atomic E-state index is 1.24. The number of rotatable bonds is 4. The number of thioether (sulfide) groups is 1. The normalized spacial score (nSPS) is 11.2. The quantitative estimate of drug-likeness (QED) is 0.189. The highest BCUT2D eigenvalue weighted by Crippen LogP contribution is 2.45. The third-order valence-electron chi connectivity index (χ3n) is 6.55. The van der Waals surface area contributed by atoms with E-state index in [1.54, 1.807) is 11.8 Å². The Morgan fingerprint density at radius 2 is 0.912 bits per heavy atom. The summed E-state index contributed by atoms with van der Waals surface area (Å²) in [5.74, 6) is 0. The van der Waals surface area contributed by atoms with Crippen molar-refractivity contribution in [1.82, 2.24) is 0 Å². The zero-order valence-electron chi connectivity index (χ0n) is 19.0. The van der Waals surface area contributed by atoms with Gasteiger partial charge in [0.2, 0.25) is 0 Å². The molecular formula is C33H24S. The van der Waals surface area contributed by atoms with Gasteiger partial charge in [0.15, 0.2) is 0 Å². The summed E-state index contributed by atoms with van der Waals surface area (Å²) in [5, 5.41) is 5.17. The molecule has 0 radical (unpaired) electrons. The van der Waals surface area contributed by atoms with Gasteiger partial charge < -0.3 is 0 Å². The molecule has 6 aromatic rings. The summed E-state index contributed by atoms with van der Waals surface area (Å²) < 4.78 is 0. The third kappa shape index (κ3) is 3.59. The highest BCUT2D eigenvalue weighted by molar-refractivity contribution is 7.98. The lowest BCUT2D eigenvalue weighted by molar-refractivity contribution is 1.51. The summed E-state index contributed by atoms with van der Waals surface area (Å²) in [6, 6.07) is 46.2. The SMILES string of the molecule is CSc1ccc2c(-c3ccccc3)c3ccccc3c(-c3cccc(-c4ccccc4)c3)c2c1. The number of hydrogen-bond acceptors (Lipinski definition) is 1. The first-order valence-corrected chi connectivity index (χ1v) is 12.8. The second-order valence-electron chi connectivity index (χ2n) is 8.52. The lowest BCUT2D eigenvalue weighted by Gasteiger charge is -2.19. The molecule has 0 nitrogen and oxygen atoms in total. The van der Waals surface area contributed by atoms with E-state index in [-0.39, 0.29) is 0 Å². The van der Waals surface area contributed by atoms with Gasteiger partial charge in [-0.1, -0.05) is 109 Å². The van der Waals surface area contributed by atoms with Crippen molar-refractivity contribution in [3.05, 3.63) is 127 Å². The fourth-order valence-corrected chi connectivity index (χ4v) is 5.44. The van der Waals surface area contributed by atoms with Crippen LogP contribution in [-0.2, 0) is 0 Å². The van der Waals surface area contributed by atoms with Crippen molar-refractivity contribution in [3.8, 4) is 33.4 Å². The van der Waals surface area contributed by atoms with Gasteiger partial charge in [0, 0.05) is 4.90 Å². The van der Waals surface area contributed by atoms with E-state index >= 15 is 0 Å². The van der Waals surface area contributed by atoms with Crippen molar-refractivity contribution in [2.45, 2.75) is 4.90 Å². The molecule has 6 aromatic carbocycles. The molecule has 0 spiro atoms. The van der Waals surface area contributed by atoms with Crippen molar-refractivity contribution in [3.63, 3.8) is 0 Å². The summed E-state index contributed by atoms with van der Waals surface area (Å²) in [5.41, 5.74) is 7.60. The highest BCUT2D eigenvalue weighted by Gasteiger charge is 2.17.